The van der Waals surface area contributed by atoms with Crippen molar-refractivity contribution in [3.63, 3.8) is 0 Å². The summed E-state index contributed by atoms with van der Waals surface area (Å²) in [5.74, 6) is -1.04. The molecule has 1 aliphatic heterocycles. The largest absolute Gasteiger partial charge is 0.477 e. The maximum atomic E-state index is 12.6. The first-order chi connectivity index (χ1) is 15.1. The Hall–Kier alpha value is -3.29. The van der Waals surface area contributed by atoms with Crippen LogP contribution in [-0.4, -0.2) is 48.2 Å². The van der Waals surface area contributed by atoms with Gasteiger partial charge in [0, 0.05) is 30.9 Å². The number of halogens is 1. The van der Waals surface area contributed by atoms with Gasteiger partial charge in [0.15, 0.2) is 12.4 Å². The molecular weight excluding hydrogens is 468 g/mol. The van der Waals surface area contributed by atoms with Gasteiger partial charge in [-0.05, 0) is 37.1 Å². The van der Waals surface area contributed by atoms with Crippen LogP contribution in [0.5, 0.6) is 5.75 Å². The number of ether oxygens (including phenoxy) is 1. The molecule has 0 saturated carbocycles. The molecule has 0 atom stereocenters. The summed E-state index contributed by atoms with van der Waals surface area (Å²) in [6, 6.07) is 6.82. The Morgan fingerprint density at radius 2 is 1.72 bits per heavy atom. The summed E-state index contributed by atoms with van der Waals surface area (Å²) in [4.78, 5) is 32.7. The zero-order chi connectivity index (χ0) is 23.5. The fraction of sp³-hybridized carbons (Fsp3) is 0.278. The molecule has 1 N–H and O–H groups in total. The van der Waals surface area contributed by atoms with Gasteiger partial charge >= 0.3 is 5.69 Å². The zero-order valence-corrected chi connectivity index (χ0v) is 18.0. The van der Waals surface area contributed by atoms with E-state index < -0.39 is 43.8 Å². The molecule has 170 valence electrons. The SMILES string of the molecule is O=C(COc1ccc(S(=O)(=O)N2CCCC2)cc1[N+](=O)[O-])Nc1ccc(Cl)c([N+](=O)[O-])c1. The lowest BCUT2D eigenvalue weighted by Crippen LogP contribution is -2.28. The van der Waals surface area contributed by atoms with Crippen molar-refractivity contribution in [2.75, 3.05) is 25.0 Å². The Bertz CT molecular complexity index is 1180. The minimum absolute atomic E-state index is 0.0799. The first-order valence-electron chi connectivity index (χ1n) is 9.25. The highest BCUT2D eigenvalue weighted by Crippen LogP contribution is 2.32. The predicted octanol–water partition coefficient (Wildman–Crippen LogP) is 2.96. The quantitative estimate of drug-likeness (QED) is 0.441. The van der Waals surface area contributed by atoms with Crippen LogP contribution in [0.1, 0.15) is 12.8 Å². The Morgan fingerprint density at radius 3 is 2.34 bits per heavy atom. The van der Waals surface area contributed by atoms with E-state index in [-0.39, 0.29) is 21.4 Å². The van der Waals surface area contributed by atoms with Crippen LogP contribution >= 0.6 is 11.6 Å². The molecule has 1 saturated heterocycles. The summed E-state index contributed by atoms with van der Waals surface area (Å²) < 4.78 is 31.7. The minimum atomic E-state index is -3.87. The monoisotopic (exact) mass is 484 g/mol. The molecule has 1 aliphatic rings. The molecule has 0 unspecified atom stereocenters. The van der Waals surface area contributed by atoms with Crippen LogP contribution < -0.4 is 10.1 Å². The molecule has 3 rings (SSSR count). The molecule has 0 aliphatic carbocycles. The van der Waals surface area contributed by atoms with Gasteiger partial charge in [0.1, 0.15) is 5.02 Å². The van der Waals surface area contributed by atoms with Gasteiger partial charge in [-0.1, -0.05) is 11.6 Å². The molecule has 1 fully saturated rings. The number of benzene rings is 2. The number of rotatable bonds is 8. The Labute approximate surface area is 187 Å². The van der Waals surface area contributed by atoms with E-state index in [9.17, 15) is 33.4 Å². The lowest BCUT2D eigenvalue weighted by molar-refractivity contribution is -0.386. The van der Waals surface area contributed by atoms with Crippen LogP contribution in [0.25, 0.3) is 0 Å². The summed E-state index contributed by atoms with van der Waals surface area (Å²) in [7, 11) is -3.87. The Balaban J connectivity index is 1.73. The highest BCUT2D eigenvalue weighted by atomic mass is 35.5. The number of carbonyl (C=O) groups excluding carboxylic acids is 1. The second-order valence-electron chi connectivity index (χ2n) is 6.76. The number of hydrogen-bond donors (Lipinski definition) is 1. The number of amides is 1. The number of sulfonamides is 1. The smallest absolute Gasteiger partial charge is 0.312 e. The van der Waals surface area contributed by atoms with Crippen LogP contribution in [-0.2, 0) is 14.8 Å². The minimum Gasteiger partial charge on any atom is -0.477 e. The van der Waals surface area contributed by atoms with E-state index in [1.165, 1.54) is 22.5 Å². The Kier molecular flexibility index (Phi) is 6.91. The fourth-order valence-electron chi connectivity index (χ4n) is 3.07. The number of hydrogen-bond acceptors (Lipinski definition) is 8. The van der Waals surface area contributed by atoms with Crippen molar-refractivity contribution in [2.45, 2.75) is 17.7 Å². The second kappa shape index (κ2) is 9.46. The van der Waals surface area contributed by atoms with E-state index >= 15 is 0 Å². The highest BCUT2D eigenvalue weighted by molar-refractivity contribution is 7.89. The maximum absolute atomic E-state index is 12.6. The van der Waals surface area contributed by atoms with Gasteiger partial charge in [0.2, 0.25) is 10.0 Å². The highest BCUT2D eigenvalue weighted by Gasteiger charge is 2.30. The second-order valence-corrected chi connectivity index (χ2v) is 9.10. The van der Waals surface area contributed by atoms with Gasteiger partial charge in [0.05, 0.1) is 14.7 Å². The van der Waals surface area contributed by atoms with E-state index in [2.05, 4.69) is 5.32 Å². The number of nitrogens with zero attached hydrogens (tertiary/aromatic N) is 3. The molecule has 0 spiro atoms. The van der Waals surface area contributed by atoms with Gasteiger partial charge in [0.25, 0.3) is 11.6 Å². The normalized spacial score (nSPS) is 14.2. The molecule has 0 bridgehead atoms. The number of anilines is 1. The topological polar surface area (TPSA) is 162 Å². The van der Waals surface area contributed by atoms with Crippen LogP contribution in [0.3, 0.4) is 0 Å². The fourth-order valence-corrected chi connectivity index (χ4v) is 4.79. The number of nitrogens with one attached hydrogen (secondary N) is 1. The van der Waals surface area contributed by atoms with Gasteiger partial charge in [-0.25, -0.2) is 8.42 Å². The molecule has 14 heteroatoms. The molecule has 1 heterocycles. The van der Waals surface area contributed by atoms with Crippen molar-refractivity contribution in [1.29, 1.82) is 0 Å². The summed E-state index contributed by atoms with van der Waals surface area (Å²) in [5, 5.41) is 24.6. The average molecular weight is 485 g/mol. The number of nitro groups is 2. The van der Waals surface area contributed by atoms with Gasteiger partial charge in [-0.2, -0.15) is 4.31 Å². The van der Waals surface area contributed by atoms with E-state index in [1.54, 1.807) is 0 Å². The molecule has 1 amide bonds. The lowest BCUT2D eigenvalue weighted by atomic mass is 10.3. The van der Waals surface area contributed by atoms with Gasteiger partial charge in [-0.3, -0.25) is 25.0 Å². The zero-order valence-electron chi connectivity index (χ0n) is 16.4. The van der Waals surface area contributed by atoms with Crippen LogP contribution in [0.2, 0.25) is 5.02 Å². The lowest BCUT2D eigenvalue weighted by Gasteiger charge is -2.16. The molecular formula is C18H17ClN4O8S. The summed E-state index contributed by atoms with van der Waals surface area (Å²) in [5.41, 5.74) is -0.938. The summed E-state index contributed by atoms with van der Waals surface area (Å²) in [6.45, 7) is 0.0321. The number of carbonyl (C=O) groups is 1. The van der Waals surface area contributed by atoms with Crippen molar-refractivity contribution in [2.24, 2.45) is 0 Å². The van der Waals surface area contributed by atoms with Crippen LogP contribution in [0, 0.1) is 20.2 Å². The molecule has 12 nitrogen and oxygen atoms in total. The number of nitro benzene ring substituents is 2. The van der Waals surface area contributed by atoms with Crippen molar-refractivity contribution >= 4 is 44.6 Å². The third kappa shape index (κ3) is 5.12. The van der Waals surface area contributed by atoms with Gasteiger partial charge < -0.3 is 10.1 Å². The average Bonchev–Trinajstić information content (AvgIpc) is 3.29. The first-order valence-corrected chi connectivity index (χ1v) is 11.1. The standard InChI is InChI=1S/C18H17ClN4O8S/c19-14-5-3-12(9-15(14)22(25)26)20-18(24)11-31-17-6-4-13(10-16(17)23(27)28)32(29,30)21-7-1-2-8-21/h3-6,9-10H,1-2,7-8,11H2,(H,20,24). The molecule has 0 radical (unpaired) electrons. The predicted molar refractivity (Wildman–Crippen MR) is 113 cm³/mol. The van der Waals surface area contributed by atoms with Crippen molar-refractivity contribution in [3.05, 3.63) is 61.6 Å². The summed E-state index contributed by atoms with van der Waals surface area (Å²) in [6.07, 6.45) is 1.43. The molecule has 2 aromatic rings. The molecule has 0 aromatic heterocycles. The summed E-state index contributed by atoms with van der Waals surface area (Å²) >= 11 is 5.71. The maximum Gasteiger partial charge on any atom is 0.312 e. The van der Waals surface area contributed by atoms with Crippen LogP contribution in [0.15, 0.2) is 41.3 Å². The third-order valence-electron chi connectivity index (χ3n) is 4.62. The van der Waals surface area contributed by atoms with E-state index in [1.807, 2.05) is 0 Å². The van der Waals surface area contributed by atoms with Gasteiger partial charge in [-0.15, -0.1) is 0 Å². The molecule has 2 aromatic carbocycles. The van der Waals surface area contributed by atoms with Crippen molar-refractivity contribution < 1.29 is 27.8 Å². The van der Waals surface area contributed by atoms with Crippen LogP contribution in [0.4, 0.5) is 17.1 Å². The third-order valence-corrected chi connectivity index (χ3v) is 6.83. The van der Waals surface area contributed by atoms with Crippen molar-refractivity contribution in [1.82, 2.24) is 4.31 Å². The first kappa shape index (κ1) is 23.4. The molecule has 32 heavy (non-hydrogen) atoms. The van der Waals surface area contributed by atoms with Crippen molar-refractivity contribution in [3.8, 4) is 5.75 Å². The van der Waals surface area contributed by atoms with E-state index in [4.69, 9.17) is 16.3 Å². The Morgan fingerprint density at radius 1 is 1.06 bits per heavy atom. The van der Waals surface area contributed by atoms with E-state index in [0.29, 0.717) is 25.9 Å². The van der Waals surface area contributed by atoms with E-state index in [0.717, 1.165) is 18.2 Å².